The summed E-state index contributed by atoms with van der Waals surface area (Å²) in [6.45, 7) is 4.33. The van der Waals surface area contributed by atoms with Gasteiger partial charge in [-0.05, 0) is 32.9 Å². The summed E-state index contributed by atoms with van der Waals surface area (Å²) in [6.07, 6.45) is 0.124. The Hall–Kier alpha value is -3.35. The van der Waals surface area contributed by atoms with Gasteiger partial charge in [-0.25, -0.2) is 19.0 Å². The van der Waals surface area contributed by atoms with E-state index < -0.39 is 50.8 Å². The van der Waals surface area contributed by atoms with Crippen LogP contribution in [0.25, 0.3) is 11.2 Å². The maximum Gasteiger partial charge on any atom is 0.459 e. The molecule has 16 heteroatoms. The Morgan fingerprint density at radius 2 is 2.02 bits per heavy atom. The first kappa shape index (κ1) is 30.6. The molecule has 0 spiro atoms. The van der Waals surface area contributed by atoms with Crippen LogP contribution in [-0.4, -0.2) is 79.7 Å². The van der Waals surface area contributed by atoms with Crippen LogP contribution >= 0.6 is 7.75 Å². The number of nitrogen functional groups attached to an aromatic ring is 1. The summed E-state index contributed by atoms with van der Waals surface area (Å²) < 4.78 is 53.6. The van der Waals surface area contributed by atoms with Crippen molar-refractivity contribution in [3.05, 3.63) is 36.7 Å². The van der Waals surface area contributed by atoms with E-state index in [1.807, 2.05) is 5.92 Å². The molecule has 1 fully saturated rings. The summed E-state index contributed by atoms with van der Waals surface area (Å²) in [5.41, 5.74) is 3.40. The van der Waals surface area contributed by atoms with Gasteiger partial charge < -0.3 is 35.3 Å². The van der Waals surface area contributed by atoms with Crippen molar-refractivity contribution in [2.24, 2.45) is 0 Å². The minimum absolute atomic E-state index is 0.102. The molecule has 4 rings (SSSR count). The fourth-order valence-corrected chi connectivity index (χ4v) is 5.73. The van der Waals surface area contributed by atoms with Crippen LogP contribution in [0.4, 0.5) is 16.2 Å². The van der Waals surface area contributed by atoms with Gasteiger partial charge in [0.1, 0.15) is 18.0 Å². The van der Waals surface area contributed by atoms with Gasteiger partial charge in [-0.3, -0.25) is 9.09 Å². The minimum atomic E-state index is -4.28. The number of alkyl halides is 1. The molecule has 3 heterocycles. The smallest absolute Gasteiger partial charge is 0.413 e. The van der Waals surface area contributed by atoms with Crippen molar-refractivity contribution in [3.8, 4) is 18.1 Å². The van der Waals surface area contributed by atoms with Gasteiger partial charge in [0.25, 0.3) is 0 Å². The number of aliphatic hydroxyl groups excluding tert-OH is 2. The molecule has 1 aliphatic heterocycles. The second-order valence-corrected chi connectivity index (χ2v) is 11.3. The summed E-state index contributed by atoms with van der Waals surface area (Å²) >= 11 is 0. The van der Waals surface area contributed by atoms with Gasteiger partial charge in [-0.2, -0.15) is 9.97 Å². The third kappa shape index (κ3) is 6.44. The fraction of sp³-hybridized carbons (Fsp3) is 0.480. The van der Waals surface area contributed by atoms with Crippen molar-refractivity contribution < 1.29 is 37.7 Å². The zero-order valence-electron chi connectivity index (χ0n) is 22.8. The highest BCUT2D eigenvalue weighted by molar-refractivity contribution is 7.52. The summed E-state index contributed by atoms with van der Waals surface area (Å²) in [4.78, 5) is 12.4. The topological polar surface area (TPSA) is 188 Å². The number of halogens is 1. The highest BCUT2D eigenvalue weighted by Crippen LogP contribution is 2.48. The molecule has 3 aromatic rings. The lowest BCUT2D eigenvalue weighted by atomic mass is 9.97. The van der Waals surface area contributed by atoms with E-state index in [1.54, 1.807) is 51.2 Å². The van der Waals surface area contributed by atoms with E-state index >= 15 is 4.39 Å². The predicted molar refractivity (Wildman–Crippen MR) is 147 cm³/mol. The molecule has 6 N–H and O–H groups in total. The van der Waals surface area contributed by atoms with Crippen molar-refractivity contribution in [2.45, 2.75) is 63.3 Å². The molecule has 0 radical (unpaired) electrons. The van der Waals surface area contributed by atoms with Crippen LogP contribution in [0.15, 0.2) is 36.7 Å². The van der Waals surface area contributed by atoms with Gasteiger partial charge in [0, 0.05) is 7.05 Å². The number of benzene rings is 1. The van der Waals surface area contributed by atoms with Crippen LogP contribution in [0.2, 0.25) is 0 Å². The van der Waals surface area contributed by atoms with Gasteiger partial charge >= 0.3 is 7.75 Å². The predicted octanol–water partition coefficient (Wildman–Crippen LogP) is 1.98. The number of imidazole rings is 1. The van der Waals surface area contributed by atoms with Gasteiger partial charge in [-0.15, -0.1) is 6.42 Å². The monoisotopic (exact) mass is 593 g/mol. The van der Waals surface area contributed by atoms with Crippen molar-refractivity contribution in [1.82, 2.24) is 24.6 Å². The van der Waals surface area contributed by atoms with Gasteiger partial charge in [0.2, 0.25) is 11.6 Å². The van der Waals surface area contributed by atoms with Crippen molar-refractivity contribution in [1.29, 1.82) is 0 Å². The van der Waals surface area contributed by atoms with Crippen LogP contribution in [0.5, 0.6) is 5.75 Å². The van der Waals surface area contributed by atoms with Crippen molar-refractivity contribution in [3.63, 3.8) is 0 Å². The first-order chi connectivity index (χ1) is 19.4. The number of nitrogens with one attached hydrogen (secondary N) is 2. The van der Waals surface area contributed by atoms with Gasteiger partial charge in [0.05, 0.1) is 25.1 Å². The number of para-hydroxylation sites is 1. The maximum atomic E-state index is 16.2. The second kappa shape index (κ2) is 12.3. The Morgan fingerprint density at radius 3 is 2.66 bits per heavy atom. The van der Waals surface area contributed by atoms with Crippen molar-refractivity contribution in [2.75, 3.05) is 24.7 Å². The maximum absolute atomic E-state index is 16.2. The third-order valence-electron chi connectivity index (χ3n) is 6.17. The molecule has 14 nitrogen and oxygen atoms in total. The van der Waals surface area contributed by atoms with E-state index in [0.29, 0.717) is 0 Å². The van der Waals surface area contributed by atoms with Crippen molar-refractivity contribution >= 4 is 30.7 Å². The number of hydrogen-bond donors (Lipinski definition) is 5. The zero-order valence-corrected chi connectivity index (χ0v) is 23.7. The number of nitrogens with zero attached hydrogens (tertiary/aromatic N) is 4. The van der Waals surface area contributed by atoms with Crippen LogP contribution in [-0.2, 0) is 18.6 Å². The normalized spacial score (nSPS) is 25.5. The molecular weight excluding hydrogens is 560 g/mol. The van der Waals surface area contributed by atoms with Gasteiger partial charge in [0.15, 0.2) is 29.5 Å². The van der Waals surface area contributed by atoms with E-state index in [0.717, 1.165) is 0 Å². The quantitative estimate of drug-likeness (QED) is 0.117. The lowest BCUT2D eigenvalue weighted by Crippen LogP contribution is -2.43. The number of rotatable bonds is 12. The Bertz CT molecular complexity index is 1440. The number of terminal acetylenes is 1. The SMILES string of the molecule is C#C[C@@]1(F)[C@H](O)[C@@H](COP(=O)(N[C@@H](C)C(O)OC(C)C)Oc2ccccc2)O[C@H]1n1cnc2c(NC)nc(N)nc21. The van der Waals surface area contributed by atoms with Crippen LogP contribution in [0.1, 0.15) is 27.0 Å². The molecule has 0 amide bonds. The molecule has 0 saturated carbocycles. The molecule has 2 aromatic heterocycles. The molecule has 1 saturated heterocycles. The summed E-state index contributed by atoms with van der Waals surface area (Å²) in [7, 11) is -2.68. The van der Waals surface area contributed by atoms with Crippen LogP contribution < -0.4 is 20.7 Å². The summed E-state index contributed by atoms with van der Waals surface area (Å²) in [5, 5.41) is 26.7. The molecule has 1 aromatic carbocycles. The Kier molecular flexibility index (Phi) is 9.15. The molecule has 2 unspecified atom stereocenters. The first-order valence-electron chi connectivity index (χ1n) is 12.7. The molecule has 0 bridgehead atoms. The molecular formula is C25H33FN7O7P. The van der Waals surface area contributed by atoms with Gasteiger partial charge in [-0.1, -0.05) is 24.1 Å². The number of fused-ring (bicyclic) bond motifs is 1. The minimum Gasteiger partial charge on any atom is -0.413 e. The van der Waals surface area contributed by atoms with E-state index in [4.69, 9.17) is 30.7 Å². The lowest BCUT2D eigenvalue weighted by Gasteiger charge is -2.28. The average Bonchev–Trinajstić information content (AvgIpc) is 3.45. The molecule has 7 atom stereocenters. The number of aliphatic hydroxyl groups is 2. The highest BCUT2D eigenvalue weighted by Gasteiger charge is 2.58. The number of hydrogen-bond acceptors (Lipinski definition) is 12. The molecule has 1 aliphatic rings. The third-order valence-corrected chi connectivity index (χ3v) is 7.84. The molecule has 0 aliphatic carbocycles. The van der Waals surface area contributed by atoms with E-state index in [-0.39, 0.29) is 34.8 Å². The number of nitrogens with two attached hydrogens (primary N) is 1. The zero-order chi connectivity index (χ0) is 29.9. The number of ether oxygens (including phenoxy) is 2. The summed E-state index contributed by atoms with van der Waals surface area (Å²) in [5.74, 6) is 2.33. The second-order valence-electron chi connectivity index (χ2n) is 9.58. The Balaban J connectivity index is 1.59. The number of aromatic nitrogens is 4. The lowest BCUT2D eigenvalue weighted by molar-refractivity contribution is -0.138. The average molecular weight is 594 g/mol. The van der Waals surface area contributed by atoms with Crippen LogP contribution in [0.3, 0.4) is 0 Å². The molecule has 222 valence electrons. The summed E-state index contributed by atoms with van der Waals surface area (Å²) in [6, 6.07) is 7.21. The largest absolute Gasteiger partial charge is 0.459 e. The molecule has 41 heavy (non-hydrogen) atoms. The fourth-order valence-electron chi connectivity index (χ4n) is 4.18. The standard InChI is InChI=1S/C25H33FN7O7P/c1-6-25(26)19(34)17(39-23(25)33-13-29-18-20(28-5)30-24(27)31-21(18)33)12-37-41(36,40-16-10-8-7-9-11-16)32-15(4)22(35)38-14(2)3/h1,7-11,13-15,17,19,22-23,34-35H,12H2,2-5H3,(H,32,36)(H3,27,28,30,31)/t15-,17+,19+,22?,23+,25+,41?/m0/s1. The van der Waals surface area contributed by atoms with E-state index in [9.17, 15) is 14.8 Å². The van der Waals surface area contributed by atoms with Crippen LogP contribution in [0, 0.1) is 12.3 Å². The number of anilines is 2. The highest BCUT2D eigenvalue weighted by atomic mass is 31.2. The van der Waals surface area contributed by atoms with E-state index in [1.165, 1.54) is 17.8 Å². The Labute approximate surface area is 236 Å². The first-order valence-corrected chi connectivity index (χ1v) is 14.2. The van der Waals surface area contributed by atoms with E-state index in [2.05, 4.69) is 25.4 Å². The Morgan fingerprint density at radius 1 is 1.32 bits per heavy atom.